The number of carbonyl (C=O) groups is 2. The summed E-state index contributed by atoms with van der Waals surface area (Å²) in [5, 5.41) is 3.74. The molecule has 7 heteroatoms. The van der Waals surface area contributed by atoms with E-state index in [1.807, 2.05) is 31.2 Å². The van der Waals surface area contributed by atoms with Crippen LogP contribution in [-0.4, -0.2) is 31.9 Å². The fraction of sp³-hybridized carbons (Fsp3) is 0.440. The molecule has 3 rings (SSSR count). The van der Waals surface area contributed by atoms with Gasteiger partial charge in [0.25, 0.3) is 0 Å². The fourth-order valence-corrected chi connectivity index (χ4v) is 5.17. The Labute approximate surface area is 193 Å². The van der Waals surface area contributed by atoms with Crippen molar-refractivity contribution >= 4 is 28.4 Å². The van der Waals surface area contributed by atoms with Gasteiger partial charge in [-0.1, -0.05) is 24.1 Å². The number of ether oxygens (including phenoxy) is 3. The number of thiophene rings is 1. The first-order valence-corrected chi connectivity index (χ1v) is 11.8. The molecule has 1 unspecified atom stereocenters. The highest BCUT2D eigenvalue weighted by Gasteiger charge is 2.26. The quantitative estimate of drug-likeness (QED) is 0.427. The van der Waals surface area contributed by atoms with Gasteiger partial charge in [0.2, 0.25) is 5.91 Å². The number of anilines is 1. The number of terminal acetylenes is 1. The number of aryl methyl sites for hydroxylation is 1. The number of amides is 1. The van der Waals surface area contributed by atoms with E-state index in [0.717, 1.165) is 51.6 Å². The molecular weight excluding hydrogens is 426 g/mol. The molecule has 6 nitrogen and oxygen atoms in total. The van der Waals surface area contributed by atoms with Gasteiger partial charge in [-0.3, -0.25) is 4.79 Å². The van der Waals surface area contributed by atoms with Gasteiger partial charge in [0, 0.05) is 11.3 Å². The molecule has 0 aliphatic heterocycles. The van der Waals surface area contributed by atoms with E-state index >= 15 is 0 Å². The summed E-state index contributed by atoms with van der Waals surface area (Å²) in [5.74, 6) is 3.72. The lowest BCUT2D eigenvalue weighted by molar-refractivity contribution is -0.116. The molecule has 1 N–H and O–H groups in total. The number of fused-ring (bicyclic) bond motifs is 1. The number of hydrogen-bond acceptors (Lipinski definition) is 6. The lowest BCUT2D eigenvalue weighted by atomic mass is 9.88. The zero-order valence-corrected chi connectivity index (χ0v) is 19.4. The van der Waals surface area contributed by atoms with Crippen LogP contribution in [-0.2, 0) is 33.5 Å². The van der Waals surface area contributed by atoms with Gasteiger partial charge in [0.05, 0.1) is 25.4 Å². The van der Waals surface area contributed by atoms with Crippen LogP contribution in [0.15, 0.2) is 24.3 Å². The molecule has 0 saturated carbocycles. The van der Waals surface area contributed by atoms with Gasteiger partial charge >= 0.3 is 6.16 Å². The normalized spacial score (nSPS) is 14.7. The highest BCUT2D eigenvalue weighted by molar-refractivity contribution is 7.16. The predicted octanol–water partition coefficient (Wildman–Crippen LogP) is 4.98. The minimum Gasteiger partial charge on any atom is -0.494 e. The number of carbonyl (C=O) groups excluding carboxylic acids is 2. The number of para-hydroxylation sites is 1. The molecule has 1 heterocycles. The van der Waals surface area contributed by atoms with E-state index in [-0.39, 0.29) is 11.8 Å². The third kappa shape index (κ3) is 6.04. The summed E-state index contributed by atoms with van der Waals surface area (Å²) in [6.45, 7) is 4.89. The molecule has 32 heavy (non-hydrogen) atoms. The molecule has 2 aromatic rings. The van der Waals surface area contributed by atoms with Gasteiger partial charge < -0.3 is 19.5 Å². The van der Waals surface area contributed by atoms with Gasteiger partial charge in [0.1, 0.15) is 10.8 Å². The van der Waals surface area contributed by atoms with Crippen LogP contribution in [0, 0.1) is 18.3 Å². The lowest BCUT2D eigenvalue weighted by Gasteiger charge is -2.21. The molecule has 1 aliphatic carbocycles. The van der Waals surface area contributed by atoms with Crippen molar-refractivity contribution < 1.29 is 23.8 Å². The summed E-state index contributed by atoms with van der Waals surface area (Å²) < 4.78 is 15.7. The zero-order valence-electron chi connectivity index (χ0n) is 18.6. The molecule has 0 bridgehead atoms. The minimum absolute atomic E-state index is 0.0754. The Morgan fingerprint density at radius 1 is 1.22 bits per heavy atom. The standard InChI is InChI=1S/C25H29NO5S/c1-4-19-20-13-11-17(16-31-25(28)30-6-3)15-22(20)32-24(19)26-23(27)14-12-18-9-7-8-10-21(18)29-5-2/h1,7-10,17H,5-6,11-16H2,2-3H3,(H,26,27). The van der Waals surface area contributed by atoms with Crippen molar-refractivity contribution in [2.24, 2.45) is 5.92 Å². The second-order valence-corrected chi connectivity index (χ2v) is 8.65. The maximum Gasteiger partial charge on any atom is 0.508 e. The summed E-state index contributed by atoms with van der Waals surface area (Å²) in [6, 6.07) is 7.77. The van der Waals surface area contributed by atoms with Crippen LogP contribution in [0.25, 0.3) is 0 Å². The van der Waals surface area contributed by atoms with Gasteiger partial charge in [-0.25, -0.2) is 4.79 Å². The van der Waals surface area contributed by atoms with E-state index in [1.165, 1.54) is 11.3 Å². The summed E-state index contributed by atoms with van der Waals surface area (Å²) in [6.07, 6.45) is 8.53. The van der Waals surface area contributed by atoms with E-state index in [0.29, 0.717) is 32.7 Å². The minimum atomic E-state index is -0.632. The van der Waals surface area contributed by atoms with Crippen LogP contribution in [0.2, 0.25) is 0 Å². The van der Waals surface area contributed by atoms with Crippen LogP contribution in [0.5, 0.6) is 5.75 Å². The summed E-state index contributed by atoms with van der Waals surface area (Å²) >= 11 is 1.53. The van der Waals surface area contributed by atoms with Crippen molar-refractivity contribution in [2.75, 3.05) is 25.1 Å². The largest absolute Gasteiger partial charge is 0.508 e. The molecule has 1 amide bonds. The first kappa shape index (κ1) is 23.7. The Hall–Kier alpha value is -2.98. The van der Waals surface area contributed by atoms with Crippen LogP contribution >= 0.6 is 11.3 Å². The van der Waals surface area contributed by atoms with Gasteiger partial charge in [-0.2, -0.15) is 0 Å². The maximum absolute atomic E-state index is 12.7. The Bertz CT molecular complexity index is 991. The molecular formula is C25H29NO5S. The average Bonchev–Trinajstić information content (AvgIpc) is 3.13. The van der Waals surface area contributed by atoms with Gasteiger partial charge in [-0.15, -0.1) is 17.8 Å². The molecule has 170 valence electrons. The molecule has 0 saturated heterocycles. The number of nitrogens with one attached hydrogen (secondary N) is 1. The third-order valence-electron chi connectivity index (χ3n) is 5.36. The van der Waals surface area contributed by atoms with Crippen LogP contribution in [0.3, 0.4) is 0 Å². The Balaban J connectivity index is 1.60. The topological polar surface area (TPSA) is 73.9 Å². The van der Waals surface area contributed by atoms with Crippen molar-refractivity contribution in [2.45, 2.75) is 46.0 Å². The Morgan fingerprint density at radius 3 is 2.78 bits per heavy atom. The van der Waals surface area contributed by atoms with Crippen LogP contribution in [0.4, 0.5) is 9.80 Å². The van der Waals surface area contributed by atoms with E-state index in [2.05, 4.69) is 11.2 Å². The highest BCUT2D eigenvalue weighted by Crippen LogP contribution is 2.39. The second kappa shape index (κ2) is 11.6. The van der Waals surface area contributed by atoms with Crippen LogP contribution < -0.4 is 10.1 Å². The second-order valence-electron chi connectivity index (χ2n) is 7.54. The van der Waals surface area contributed by atoms with E-state index in [9.17, 15) is 9.59 Å². The van der Waals surface area contributed by atoms with Gasteiger partial charge in [0.15, 0.2) is 0 Å². The zero-order chi connectivity index (χ0) is 22.9. The molecule has 0 radical (unpaired) electrons. The molecule has 0 fully saturated rings. The SMILES string of the molecule is C#Cc1c(NC(=O)CCc2ccccc2OCC)sc2c1CCC(COC(=O)OCC)C2. The molecule has 1 aromatic heterocycles. The van der Waals surface area contributed by atoms with Crippen molar-refractivity contribution in [3.63, 3.8) is 0 Å². The van der Waals surface area contributed by atoms with Crippen molar-refractivity contribution in [3.8, 4) is 18.1 Å². The highest BCUT2D eigenvalue weighted by atomic mass is 32.1. The molecule has 1 atom stereocenters. The number of rotatable bonds is 9. The Kier molecular flexibility index (Phi) is 8.57. The monoisotopic (exact) mass is 455 g/mol. The van der Waals surface area contributed by atoms with Gasteiger partial charge in [-0.05, 0) is 62.6 Å². The van der Waals surface area contributed by atoms with E-state index < -0.39 is 6.16 Å². The Morgan fingerprint density at radius 2 is 2.03 bits per heavy atom. The van der Waals surface area contributed by atoms with E-state index in [1.54, 1.807) is 6.92 Å². The van der Waals surface area contributed by atoms with Crippen molar-refractivity contribution in [1.82, 2.24) is 0 Å². The van der Waals surface area contributed by atoms with Crippen molar-refractivity contribution in [1.29, 1.82) is 0 Å². The van der Waals surface area contributed by atoms with E-state index in [4.69, 9.17) is 20.6 Å². The molecule has 0 spiro atoms. The number of benzene rings is 1. The average molecular weight is 456 g/mol. The number of hydrogen-bond donors (Lipinski definition) is 1. The predicted molar refractivity (Wildman–Crippen MR) is 125 cm³/mol. The molecule has 1 aliphatic rings. The van der Waals surface area contributed by atoms with Crippen LogP contribution in [0.1, 0.15) is 48.3 Å². The first-order valence-electron chi connectivity index (χ1n) is 11.0. The van der Waals surface area contributed by atoms with Crippen molar-refractivity contribution in [3.05, 3.63) is 45.8 Å². The summed E-state index contributed by atoms with van der Waals surface area (Å²) in [5.41, 5.74) is 2.91. The first-order chi connectivity index (χ1) is 15.5. The molecule has 1 aromatic carbocycles. The summed E-state index contributed by atoms with van der Waals surface area (Å²) in [7, 11) is 0. The maximum atomic E-state index is 12.7. The third-order valence-corrected chi connectivity index (χ3v) is 6.53. The fourth-order valence-electron chi connectivity index (χ4n) is 3.83. The lowest BCUT2D eigenvalue weighted by Crippen LogP contribution is -2.21. The smallest absolute Gasteiger partial charge is 0.494 e. The summed E-state index contributed by atoms with van der Waals surface area (Å²) in [4.78, 5) is 25.3.